The van der Waals surface area contributed by atoms with Gasteiger partial charge in [0.1, 0.15) is 0 Å². The van der Waals surface area contributed by atoms with Crippen LogP contribution in [0.5, 0.6) is 0 Å². The highest BCUT2D eigenvalue weighted by molar-refractivity contribution is 7.12. The molecule has 0 aliphatic rings. The number of carbonyl (C=O) groups is 1. The Bertz CT molecular complexity index is 402. The second-order valence-electron chi connectivity index (χ2n) is 5.86. The number of rotatable bonds is 4. The molecule has 4 heteroatoms. The van der Waals surface area contributed by atoms with E-state index in [9.17, 15) is 4.79 Å². The fourth-order valence-corrected chi connectivity index (χ4v) is 2.28. The number of carbonyl (C=O) groups excluding carboxylic acids is 1. The SMILES string of the molecule is CC(C)(NCc1ccc(C(C)(C)C)s1)C(N)=O. The van der Waals surface area contributed by atoms with Crippen LogP contribution in [-0.4, -0.2) is 11.4 Å². The molecule has 0 bridgehead atoms. The molecule has 0 atom stereocenters. The van der Waals surface area contributed by atoms with Crippen LogP contribution >= 0.6 is 11.3 Å². The number of primary amides is 1. The van der Waals surface area contributed by atoms with Gasteiger partial charge in [0.2, 0.25) is 5.91 Å². The van der Waals surface area contributed by atoms with E-state index >= 15 is 0 Å². The summed E-state index contributed by atoms with van der Waals surface area (Å²) in [6.45, 7) is 10.9. The lowest BCUT2D eigenvalue weighted by Crippen LogP contribution is -2.50. The summed E-state index contributed by atoms with van der Waals surface area (Å²) in [6, 6.07) is 4.26. The summed E-state index contributed by atoms with van der Waals surface area (Å²) in [5.74, 6) is -0.329. The Kier molecular flexibility index (Phi) is 3.99. The monoisotopic (exact) mass is 254 g/mol. The molecule has 0 aliphatic carbocycles. The van der Waals surface area contributed by atoms with Gasteiger partial charge in [-0.15, -0.1) is 11.3 Å². The minimum Gasteiger partial charge on any atom is -0.368 e. The van der Waals surface area contributed by atoms with Gasteiger partial charge in [-0.3, -0.25) is 10.1 Å². The average Bonchev–Trinajstić information content (AvgIpc) is 2.62. The summed E-state index contributed by atoms with van der Waals surface area (Å²) in [4.78, 5) is 13.7. The molecule has 0 spiro atoms. The summed E-state index contributed by atoms with van der Waals surface area (Å²) in [5, 5.41) is 3.18. The Balaban J connectivity index is 2.66. The molecule has 0 radical (unpaired) electrons. The zero-order valence-corrected chi connectivity index (χ0v) is 12.1. The van der Waals surface area contributed by atoms with E-state index < -0.39 is 5.54 Å². The predicted octanol–water partition coefficient (Wildman–Crippen LogP) is 2.40. The van der Waals surface area contributed by atoms with Crippen LogP contribution in [-0.2, 0) is 16.8 Å². The molecule has 1 rings (SSSR count). The van der Waals surface area contributed by atoms with Crippen molar-refractivity contribution in [2.24, 2.45) is 5.73 Å². The summed E-state index contributed by atoms with van der Waals surface area (Å²) in [5.41, 5.74) is 4.83. The molecule has 0 unspecified atom stereocenters. The van der Waals surface area contributed by atoms with Gasteiger partial charge in [0.05, 0.1) is 5.54 Å². The Hall–Kier alpha value is -0.870. The molecule has 1 amide bonds. The number of nitrogens with two attached hydrogens (primary N) is 1. The second kappa shape index (κ2) is 4.78. The standard InChI is InChI=1S/C13H22N2OS/c1-12(2,3)10-7-6-9(17-10)8-15-13(4,5)11(14)16/h6-7,15H,8H2,1-5H3,(H2,14,16). The number of thiophene rings is 1. The molecule has 1 aromatic rings. The first-order valence-electron chi connectivity index (χ1n) is 5.77. The molecular formula is C13H22N2OS. The summed E-state index contributed by atoms with van der Waals surface area (Å²) in [7, 11) is 0. The molecule has 0 aliphatic heterocycles. The van der Waals surface area contributed by atoms with Crippen molar-refractivity contribution in [2.75, 3.05) is 0 Å². The van der Waals surface area contributed by atoms with Crippen molar-refractivity contribution in [3.8, 4) is 0 Å². The largest absolute Gasteiger partial charge is 0.368 e. The summed E-state index contributed by atoms with van der Waals surface area (Å²) in [6.07, 6.45) is 0. The smallest absolute Gasteiger partial charge is 0.237 e. The number of nitrogens with one attached hydrogen (secondary N) is 1. The third-order valence-electron chi connectivity index (χ3n) is 2.72. The summed E-state index contributed by atoms with van der Waals surface area (Å²) < 4.78 is 0. The van der Waals surface area contributed by atoms with E-state index in [-0.39, 0.29) is 11.3 Å². The third kappa shape index (κ3) is 3.82. The Morgan fingerprint density at radius 2 is 1.88 bits per heavy atom. The predicted molar refractivity (Wildman–Crippen MR) is 73.1 cm³/mol. The van der Waals surface area contributed by atoms with Crippen LogP contribution in [0, 0.1) is 0 Å². The first-order chi connectivity index (χ1) is 7.63. The zero-order chi connectivity index (χ0) is 13.3. The molecule has 0 fully saturated rings. The van der Waals surface area contributed by atoms with E-state index in [0.717, 1.165) is 0 Å². The molecule has 3 N–H and O–H groups in total. The highest BCUT2D eigenvalue weighted by Crippen LogP contribution is 2.29. The van der Waals surface area contributed by atoms with E-state index in [2.05, 4.69) is 38.2 Å². The van der Waals surface area contributed by atoms with Gasteiger partial charge in [0.25, 0.3) is 0 Å². The Labute approximate surface area is 107 Å². The minimum atomic E-state index is -0.661. The van der Waals surface area contributed by atoms with Crippen LogP contribution in [0.4, 0.5) is 0 Å². The van der Waals surface area contributed by atoms with Crippen LogP contribution in [0.25, 0.3) is 0 Å². The van der Waals surface area contributed by atoms with E-state index in [1.807, 2.05) is 0 Å². The third-order valence-corrected chi connectivity index (χ3v) is 4.23. The van der Waals surface area contributed by atoms with Gasteiger partial charge in [-0.05, 0) is 31.4 Å². The first-order valence-corrected chi connectivity index (χ1v) is 6.59. The van der Waals surface area contributed by atoms with Gasteiger partial charge in [-0.1, -0.05) is 20.8 Å². The molecule has 1 aromatic heterocycles. The maximum absolute atomic E-state index is 11.2. The van der Waals surface area contributed by atoms with E-state index in [1.54, 1.807) is 25.2 Å². The van der Waals surface area contributed by atoms with Gasteiger partial charge in [-0.2, -0.15) is 0 Å². The van der Waals surface area contributed by atoms with Crippen molar-refractivity contribution in [3.05, 3.63) is 21.9 Å². The highest BCUT2D eigenvalue weighted by Gasteiger charge is 2.24. The van der Waals surface area contributed by atoms with Crippen LogP contribution in [0.15, 0.2) is 12.1 Å². The van der Waals surface area contributed by atoms with Crippen LogP contribution < -0.4 is 11.1 Å². The van der Waals surface area contributed by atoms with Gasteiger partial charge in [0.15, 0.2) is 0 Å². The number of hydrogen-bond acceptors (Lipinski definition) is 3. The topological polar surface area (TPSA) is 55.1 Å². The van der Waals surface area contributed by atoms with Crippen molar-refractivity contribution in [3.63, 3.8) is 0 Å². The van der Waals surface area contributed by atoms with E-state index in [4.69, 9.17) is 5.73 Å². The van der Waals surface area contributed by atoms with Crippen LogP contribution in [0.1, 0.15) is 44.4 Å². The quantitative estimate of drug-likeness (QED) is 0.867. The maximum Gasteiger partial charge on any atom is 0.237 e. The van der Waals surface area contributed by atoms with Crippen LogP contribution in [0.2, 0.25) is 0 Å². The molecule has 1 heterocycles. The molecule has 0 saturated heterocycles. The molecular weight excluding hydrogens is 232 g/mol. The molecule has 17 heavy (non-hydrogen) atoms. The second-order valence-corrected chi connectivity index (χ2v) is 7.03. The van der Waals surface area contributed by atoms with Gasteiger partial charge < -0.3 is 5.73 Å². The summed E-state index contributed by atoms with van der Waals surface area (Å²) >= 11 is 1.78. The zero-order valence-electron chi connectivity index (χ0n) is 11.3. The molecule has 96 valence electrons. The first kappa shape index (κ1) is 14.2. The molecule has 3 nitrogen and oxygen atoms in total. The van der Waals surface area contributed by atoms with Gasteiger partial charge in [0, 0.05) is 16.3 Å². The normalized spacial score (nSPS) is 12.8. The minimum absolute atomic E-state index is 0.183. The van der Waals surface area contributed by atoms with E-state index in [1.165, 1.54) is 9.75 Å². The lowest BCUT2D eigenvalue weighted by atomic mass is 9.95. The van der Waals surface area contributed by atoms with Gasteiger partial charge in [-0.25, -0.2) is 0 Å². The number of amides is 1. The van der Waals surface area contributed by atoms with Gasteiger partial charge >= 0.3 is 0 Å². The molecule has 0 saturated carbocycles. The fraction of sp³-hybridized carbons (Fsp3) is 0.615. The lowest BCUT2D eigenvalue weighted by Gasteiger charge is -2.21. The maximum atomic E-state index is 11.2. The fourth-order valence-electron chi connectivity index (χ4n) is 1.27. The molecule has 0 aromatic carbocycles. The van der Waals surface area contributed by atoms with Crippen molar-refractivity contribution in [1.29, 1.82) is 0 Å². The highest BCUT2D eigenvalue weighted by atomic mass is 32.1. The number of hydrogen-bond donors (Lipinski definition) is 2. The lowest BCUT2D eigenvalue weighted by molar-refractivity contribution is -0.123. The van der Waals surface area contributed by atoms with E-state index in [0.29, 0.717) is 6.54 Å². The van der Waals surface area contributed by atoms with Crippen molar-refractivity contribution < 1.29 is 4.79 Å². The van der Waals surface area contributed by atoms with Crippen LogP contribution in [0.3, 0.4) is 0 Å². The Morgan fingerprint density at radius 1 is 1.29 bits per heavy atom. The van der Waals surface area contributed by atoms with Crippen molar-refractivity contribution >= 4 is 17.2 Å². The Morgan fingerprint density at radius 3 is 2.29 bits per heavy atom. The van der Waals surface area contributed by atoms with Crippen molar-refractivity contribution in [1.82, 2.24) is 5.32 Å². The average molecular weight is 254 g/mol. The van der Waals surface area contributed by atoms with Crippen molar-refractivity contribution in [2.45, 2.75) is 52.1 Å².